The van der Waals surface area contributed by atoms with Crippen LogP contribution in [-0.4, -0.2) is 16.4 Å². The van der Waals surface area contributed by atoms with Crippen molar-refractivity contribution in [2.75, 3.05) is 10.6 Å². The highest BCUT2D eigenvalue weighted by Gasteiger charge is 2.21. The number of rotatable bonds is 5. The molecule has 2 amide bonds. The lowest BCUT2D eigenvalue weighted by Gasteiger charge is -2.18. The second kappa shape index (κ2) is 8.78. The summed E-state index contributed by atoms with van der Waals surface area (Å²) in [6.07, 6.45) is 1.66. The highest BCUT2D eigenvalue weighted by Crippen LogP contribution is 2.20. The zero-order chi connectivity index (χ0) is 21.7. The van der Waals surface area contributed by atoms with E-state index in [0.717, 1.165) is 5.56 Å². The summed E-state index contributed by atoms with van der Waals surface area (Å²) >= 11 is 0. The summed E-state index contributed by atoms with van der Waals surface area (Å²) in [5, 5.41) is 5.57. The fourth-order valence-corrected chi connectivity index (χ4v) is 2.81. The van der Waals surface area contributed by atoms with Gasteiger partial charge in [0.2, 0.25) is 5.91 Å². The summed E-state index contributed by atoms with van der Waals surface area (Å²) in [6, 6.07) is 19.6. The molecule has 0 radical (unpaired) electrons. The molecule has 6 heteroatoms. The van der Waals surface area contributed by atoms with Crippen LogP contribution in [0.1, 0.15) is 36.7 Å². The average molecular weight is 403 g/mol. The molecule has 2 N–H and O–H groups in total. The Hall–Kier alpha value is -3.67. The van der Waals surface area contributed by atoms with Crippen LogP contribution >= 0.6 is 0 Å². The number of nitrogens with one attached hydrogen (secondary N) is 2. The number of carbonyl (C=O) groups is 2. The van der Waals surface area contributed by atoms with Crippen molar-refractivity contribution in [3.63, 3.8) is 0 Å². The molecule has 0 saturated heterocycles. The van der Waals surface area contributed by atoms with Crippen LogP contribution in [0.5, 0.6) is 0 Å². The Kier molecular flexibility index (Phi) is 6.16. The highest BCUT2D eigenvalue weighted by molar-refractivity contribution is 6.04. The molecule has 3 aromatic rings. The molecule has 0 saturated carbocycles. The van der Waals surface area contributed by atoms with Gasteiger partial charge in [0.25, 0.3) is 11.5 Å². The zero-order valence-electron chi connectivity index (χ0n) is 17.3. The van der Waals surface area contributed by atoms with Crippen molar-refractivity contribution in [3.8, 4) is 0 Å². The monoisotopic (exact) mass is 403 g/mol. The van der Waals surface area contributed by atoms with Crippen LogP contribution in [0.3, 0.4) is 0 Å². The molecule has 0 aliphatic rings. The topological polar surface area (TPSA) is 80.2 Å². The fraction of sp³-hybridized carbons (Fsp3) is 0.208. The minimum atomic E-state index is -0.535. The Bertz CT molecular complexity index is 1110. The number of nitrogens with zero attached hydrogens (tertiary/aromatic N) is 1. The minimum Gasteiger partial charge on any atom is -0.326 e. The molecular formula is C24H25N3O3. The van der Waals surface area contributed by atoms with Gasteiger partial charge in [-0.25, -0.2) is 0 Å². The number of pyridine rings is 1. The van der Waals surface area contributed by atoms with E-state index in [2.05, 4.69) is 10.6 Å². The van der Waals surface area contributed by atoms with Gasteiger partial charge in [0, 0.05) is 23.0 Å². The molecule has 3 rings (SSSR count). The molecule has 0 aliphatic carbocycles. The van der Waals surface area contributed by atoms with Gasteiger partial charge in [-0.3, -0.25) is 14.4 Å². The molecule has 0 aliphatic heterocycles. The van der Waals surface area contributed by atoms with Gasteiger partial charge in [-0.1, -0.05) is 57.2 Å². The van der Waals surface area contributed by atoms with E-state index in [1.807, 2.05) is 51.1 Å². The molecule has 0 atom stereocenters. The molecule has 30 heavy (non-hydrogen) atoms. The summed E-state index contributed by atoms with van der Waals surface area (Å²) in [6.45, 7) is 5.85. The molecule has 1 aromatic heterocycles. The van der Waals surface area contributed by atoms with E-state index in [1.165, 1.54) is 10.6 Å². The number of amides is 2. The van der Waals surface area contributed by atoms with Gasteiger partial charge >= 0.3 is 0 Å². The maximum absolute atomic E-state index is 12.8. The standard InChI is InChI=1S/C24H25N3O3/c1-24(2,3)23(30)26-19-12-7-11-18(15-19)25-21(28)20-13-8-14-27(22(20)29)16-17-9-5-4-6-10-17/h4-15H,16H2,1-3H3,(H,25,28)(H,26,30). The number of benzene rings is 2. The quantitative estimate of drug-likeness (QED) is 0.672. The second-order valence-corrected chi connectivity index (χ2v) is 8.08. The SMILES string of the molecule is CC(C)(C)C(=O)Nc1cccc(NC(=O)c2cccn(Cc3ccccc3)c2=O)c1. The van der Waals surface area contributed by atoms with Crippen molar-refractivity contribution >= 4 is 23.2 Å². The van der Waals surface area contributed by atoms with E-state index >= 15 is 0 Å². The molecule has 6 nitrogen and oxygen atoms in total. The Labute approximate surface area is 175 Å². The predicted molar refractivity (Wildman–Crippen MR) is 119 cm³/mol. The molecule has 0 bridgehead atoms. The second-order valence-electron chi connectivity index (χ2n) is 8.08. The molecule has 0 unspecified atom stereocenters. The minimum absolute atomic E-state index is 0.0533. The van der Waals surface area contributed by atoms with Crippen LogP contribution in [0.2, 0.25) is 0 Å². The molecule has 154 valence electrons. The van der Waals surface area contributed by atoms with E-state index in [4.69, 9.17) is 0 Å². The number of hydrogen-bond donors (Lipinski definition) is 2. The first-order valence-electron chi connectivity index (χ1n) is 9.70. The average Bonchev–Trinajstić information content (AvgIpc) is 2.70. The Morgan fingerprint density at radius 1 is 0.867 bits per heavy atom. The van der Waals surface area contributed by atoms with Crippen LogP contribution in [0.25, 0.3) is 0 Å². The Balaban J connectivity index is 1.77. The molecule has 0 fully saturated rings. The van der Waals surface area contributed by atoms with Gasteiger partial charge in [0.1, 0.15) is 5.56 Å². The number of hydrogen-bond acceptors (Lipinski definition) is 3. The molecular weight excluding hydrogens is 378 g/mol. The van der Waals surface area contributed by atoms with Gasteiger partial charge < -0.3 is 15.2 Å². The lowest BCUT2D eigenvalue weighted by molar-refractivity contribution is -0.123. The number of aromatic nitrogens is 1. The van der Waals surface area contributed by atoms with Crippen LogP contribution in [0.15, 0.2) is 77.7 Å². The number of anilines is 2. The van der Waals surface area contributed by atoms with Gasteiger partial charge in [-0.15, -0.1) is 0 Å². The molecule has 1 heterocycles. The van der Waals surface area contributed by atoms with Crippen LogP contribution in [0.4, 0.5) is 11.4 Å². The first-order valence-corrected chi connectivity index (χ1v) is 9.70. The Morgan fingerprint density at radius 3 is 2.20 bits per heavy atom. The van der Waals surface area contributed by atoms with Gasteiger partial charge in [-0.2, -0.15) is 0 Å². The van der Waals surface area contributed by atoms with Crippen molar-refractivity contribution < 1.29 is 9.59 Å². The summed E-state index contributed by atoms with van der Waals surface area (Å²) in [5.74, 6) is -0.625. The lowest BCUT2D eigenvalue weighted by Crippen LogP contribution is -2.29. The summed E-state index contributed by atoms with van der Waals surface area (Å²) < 4.78 is 1.50. The van der Waals surface area contributed by atoms with E-state index in [1.54, 1.807) is 36.5 Å². The van der Waals surface area contributed by atoms with Crippen LogP contribution in [-0.2, 0) is 11.3 Å². The Morgan fingerprint density at radius 2 is 1.53 bits per heavy atom. The largest absolute Gasteiger partial charge is 0.326 e. The van der Waals surface area contributed by atoms with Crippen molar-refractivity contribution in [1.29, 1.82) is 0 Å². The van der Waals surface area contributed by atoms with Gasteiger partial charge in [0.05, 0.1) is 6.54 Å². The van der Waals surface area contributed by atoms with Crippen LogP contribution in [0, 0.1) is 5.41 Å². The van der Waals surface area contributed by atoms with Crippen molar-refractivity contribution in [3.05, 3.63) is 94.4 Å². The van der Waals surface area contributed by atoms with E-state index in [-0.39, 0.29) is 17.0 Å². The third-order valence-corrected chi connectivity index (χ3v) is 4.52. The maximum Gasteiger partial charge on any atom is 0.263 e. The molecule has 2 aromatic carbocycles. The molecule has 0 spiro atoms. The van der Waals surface area contributed by atoms with E-state index in [0.29, 0.717) is 17.9 Å². The van der Waals surface area contributed by atoms with Crippen molar-refractivity contribution in [2.24, 2.45) is 5.41 Å². The van der Waals surface area contributed by atoms with Gasteiger partial charge in [0.15, 0.2) is 0 Å². The zero-order valence-corrected chi connectivity index (χ0v) is 17.3. The summed E-state index contributed by atoms with van der Waals surface area (Å²) in [5.41, 5.74) is 1.19. The third-order valence-electron chi connectivity index (χ3n) is 4.52. The van der Waals surface area contributed by atoms with Crippen molar-refractivity contribution in [1.82, 2.24) is 4.57 Å². The maximum atomic E-state index is 12.8. The first kappa shape index (κ1) is 21.0. The van der Waals surface area contributed by atoms with Crippen LogP contribution < -0.4 is 16.2 Å². The lowest BCUT2D eigenvalue weighted by atomic mass is 9.95. The van der Waals surface area contributed by atoms with Crippen molar-refractivity contribution in [2.45, 2.75) is 27.3 Å². The third kappa shape index (κ3) is 5.23. The number of carbonyl (C=O) groups excluding carboxylic acids is 2. The smallest absolute Gasteiger partial charge is 0.263 e. The van der Waals surface area contributed by atoms with E-state index in [9.17, 15) is 14.4 Å². The highest BCUT2D eigenvalue weighted by atomic mass is 16.2. The van der Waals surface area contributed by atoms with E-state index < -0.39 is 11.3 Å². The normalized spacial score (nSPS) is 11.0. The summed E-state index contributed by atoms with van der Waals surface area (Å²) in [4.78, 5) is 37.7. The first-order chi connectivity index (χ1) is 14.2. The summed E-state index contributed by atoms with van der Waals surface area (Å²) in [7, 11) is 0. The fourth-order valence-electron chi connectivity index (χ4n) is 2.81. The van der Waals surface area contributed by atoms with Gasteiger partial charge in [-0.05, 0) is 35.9 Å². The predicted octanol–water partition coefficient (Wildman–Crippen LogP) is 4.13.